The second kappa shape index (κ2) is 3.30. The average molecular weight is 274 g/mol. The molecule has 3 rings (SSSR count). The van der Waals surface area contributed by atoms with Gasteiger partial charge in [-0.05, 0) is 0 Å². The largest absolute Gasteiger partial charge is 0.448 e. The quantitative estimate of drug-likeness (QED) is 0.391. The van der Waals surface area contributed by atoms with E-state index in [0.29, 0.717) is 5.75 Å². The summed E-state index contributed by atoms with van der Waals surface area (Å²) in [5, 5.41) is 0. The number of hydrogen-bond donors (Lipinski definition) is 1. The molecule has 0 amide bonds. The number of carbonyl (C=O) groups is 1. The lowest BCUT2D eigenvalue weighted by Gasteiger charge is -2.01. The molecule has 8 heteroatoms. The van der Waals surface area contributed by atoms with Crippen LogP contribution in [0.4, 0.5) is 0 Å². The Hall–Kier alpha value is -1.41. The Morgan fingerprint density at radius 1 is 1.47 bits per heavy atom. The fourth-order valence-electron chi connectivity index (χ4n) is 1.63. The van der Waals surface area contributed by atoms with Crippen molar-refractivity contribution in [1.29, 1.82) is 0 Å². The molecule has 2 aromatic heterocycles. The van der Waals surface area contributed by atoms with Crippen molar-refractivity contribution in [1.82, 2.24) is 0 Å². The number of benzene rings is 1. The van der Waals surface area contributed by atoms with E-state index in [1.165, 1.54) is 6.07 Å². The van der Waals surface area contributed by atoms with Gasteiger partial charge in [0.25, 0.3) is 0 Å². The number of hydrogen-bond acceptors (Lipinski definition) is 7. The Balaban J connectivity index is 2.02. The zero-order valence-corrected chi connectivity index (χ0v) is 10.0. The molecule has 2 aromatic rings. The Kier molecular flexibility index (Phi) is 2.08. The van der Waals surface area contributed by atoms with Crippen molar-refractivity contribution in [2.24, 2.45) is 0 Å². The molecule has 0 spiro atoms. The van der Waals surface area contributed by atoms with E-state index in [2.05, 4.69) is 12.6 Å². The lowest BCUT2D eigenvalue weighted by molar-refractivity contribution is -0.133. The van der Waals surface area contributed by atoms with Crippen LogP contribution in [0.2, 0.25) is 0 Å². The fraction of sp³-hybridized carbons (Fsp3) is 0.222. The van der Waals surface area contributed by atoms with Gasteiger partial charge >= 0.3 is 16.1 Å². The SMILES string of the molecule is O=C(CCS)Oc1c2c3oc1cc3S(=O)(=O)O2. The highest BCUT2D eigenvalue weighted by atomic mass is 32.2. The Morgan fingerprint density at radius 2 is 2.24 bits per heavy atom. The smallest absolute Gasteiger partial charge is 0.343 e. The first kappa shape index (κ1) is 10.7. The van der Waals surface area contributed by atoms with Gasteiger partial charge < -0.3 is 13.3 Å². The topological polar surface area (TPSA) is 82.8 Å². The summed E-state index contributed by atoms with van der Waals surface area (Å²) in [6, 6.07) is 1.28. The van der Waals surface area contributed by atoms with Crippen LogP contribution in [0.5, 0.6) is 11.5 Å². The second-order valence-corrected chi connectivity index (χ2v) is 5.41. The Morgan fingerprint density at radius 3 is 2.94 bits per heavy atom. The summed E-state index contributed by atoms with van der Waals surface area (Å²) in [7, 11) is -3.80. The van der Waals surface area contributed by atoms with Gasteiger partial charge in [0.1, 0.15) is 0 Å². The van der Waals surface area contributed by atoms with Gasteiger partial charge in [0, 0.05) is 11.8 Å². The van der Waals surface area contributed by atoms with Crippen molar-refractivity contribution >= 4 is 39.9 Å². The highest BCUT2D eigenvalue weighted by molar-refractivity contribution is 7.87. The number of esters is 1. The molecule has 1 aliphatic heterocycles. The number of fused-ring (bicyclic) bond motifs is 1. The fourth-order valence-corrected chi connectivity index (χ4v) is 2.88. The summed E-state index contributed by atoms with van der Waals surface area (Å²) in [5.41, 5.74) is 0.298. The standard InChI is InChI=1S/C9H6O6S2/c10-6(1-2-16)14-7-4-3-5-8(13-4)9(7)15-17(5,11)12/h3,16H,1-2H2. The lowest BCUT2D eigenvalue weighted by Crippen LogP contribution is -2.08. The molecule has 0 N–H and O–H groups in total. The van der Waals surface area contributed by atoms with E-state index in [9.17, 15) is 13.2 Å². The van der Waals surface area contributed by atoms with Crippen LogP contribution in [0.3, 0.4) is 0 Å². The van der Waals surface area contributed by atoms with Crippen LogP contribution < -0.4 is 8.92 Å². The van der Waals surface area contributed by atoms with Crippen molar-refractivity contribution in [2.75, 3.05) is 5.75 Å². The predicted octanol–water partition coefficient (Wildman–Crippen LogP) is 1.18. The molecule has 0 atom stereocenters. The molecular weight excluding hydrogens is 268 g/mol. The first-order valence-electron chi connectivity index (χ1n) is 4.68. The minimum absolute atomic E-state index is 0.0171. The molecule has 6 nitrogen and oxygen atoms in total. The summed E-state index contributed by atoms with van der Waals surface area (Å²) >= 11 is 3.89. The molecule has 0 unspecified atom stereocenters. The minimum atomic E-state index is -3.80. The van der Waals surface area contributed by atoms with Crippen LogP contribution in [-0.2, 0) is 14.9 Å². The zero-order chi connectivity index (χ0) is 12.2. The van der Waals surface area contributed by atoms with Gasteiger partial charge in [-0.15, -0.1) is 0 Å². The Bertz CT molecular complexity index is 698. The zero-order valence-electron chi connectivity index (χ0n) is 8.30. The highest BCUT2D eigenvalue weighted by Gasteiger charge is 2.40. The van der Waals surface area contributed by atoms with Crippen LogP contribution in [0, 0.1) is 0 Å². The number of thiol groups is 1. The van der Waals surface area contributed by atoms with Gasteiger partial charge in [-0.2, -0.15) is 21.0 Å². The van der Waals surface area contributed by atoms with E-state index in [-0.39, 0.29) is 34.0 Å². The molecular formula is C9H6O6S2. The van der Waals surface area contributed by atoms with Crippen LogP contribution in [0.25, 0.3) is 11.2 Å². The van der Waals surface area contributed by atoms with Gasteiger partial charge in [0.15, 0.2) is 16.1 Å². The molecule has 0 aliphatic carbocycles. The molecule has 17 heavy (non-hydrogen) atoms. The molecule has 90 valence electrons. The summed E-state index contributed by atoms with van der Waals surface area (Å²) in [6.45, 7) is 0. The van der Waals surface area contributed by atoms with Gasteiger partial charge in [0.05, 0.1) is 6.42 Å². The third-order valence-electron chi connectivity index (χ3n) is 2.33. The highest BCUT2D eigenvalue weighted by Crippen LogP contribution is 2.51. The number of furan rings is 2. The van der Waals surface area contributed by atoms with Crippen LogP contribution in [0.15, 0.2) is 15.4 Å². The summed E-state index contributed by atoms with van der Waals surface area (Å²) in [4.78, 5) is 11.3. The first-order chi connectivity index (χ1) is 8.03. The molecule has 0 saturated heterocycles. The maximum absolute atomic E-state index is 11.4. The van der Waals surface area contributed by atoms with Gasteiger partial charge in [0.2, 0.25) is 11.5 Å². The molecule has 0 fully saturated rings. The third-order valence-corrected chi connectivity index (χ3v) is 3.78. The number of rotatable bonds is 3. The van der Waals surface area contributed by atoms with Gasteiger partial charge in [-0.3, -0.25) is 4.79 Å². The summed E-state index contributed by atoms with van der Waals surface area (Å²) in [6.07, 6.45) is 0.117. The van der Waals surface area contributed by atoms with Gasteiger partial charge in [-0.1, -0.05) is 0 Å². The summed E-state index contributed by atoms with van der Waals surface area (Å²) < 4.78 is 37.8. The Labute approximate surface area is 101 Å². The van der Waals surface area contributed by atoms with Crippen molar-refractivity contribution in [3.8, 4) is 11.5 Å². The normalized spacial score (nSPS) is 16.3. The second-order valence-electron chi connectivity index (χ2n) is 3.45. The van der Waals surface area contributed by atoms with E-state index in [1.54, 1.807) is 0 Å². The maximum Gasteiger partial charge on any atom is 0.343 e. The van der Waals surface area contributed by atoms with Crippen molar-refractivity contribution in [2.45, 2.75) is 11.3 Å². The predicted molar refractivity (Wildman–Crippen MR) is 59.3 cm³/mol. The average Bonchev–Trinajstić information content (AvgIpc) is 2.82. The van der Waals surface area contributed by atoms with E-state index >= 15 is 0 Å². The van der Waals surface area contributed by atoms with Gasteiger partial charge in [-0.25, -0.2) is 0 Å². The van der Waals surface area contributed by atoms with E-state index in [4.69, 9.17) is 13.3 Å². The maximum atomic E-state index is 11.4. The van der Waals surface area contributed by atoms with Crippen molar-refractivity contribution in [3.63, 3.8) is 0 Å². The van der Waals surface area contributed by atoms with E-state index in [0.717, 1.165) is 0 Å². The molecule has 1 aliphatic rings. The monoisotopic (exact) mass is 274 g/mol. The molecule has 3 heterocycles. The number of carbonyl (C=O) groups excluding carboxylic acids is 1. The molecule has 2 bridgehead atoms. The van der Waals surface area contributed by atoms with Crippen molar-refractivity contribution < 1.29 is 26.5 Å². The summed E-state index contributed by atoms with van der Waals surface area (Å²) in [5.74, 6) is -0.190. The lowest BCUT2D eigenvalue weighted by atomic mass is 10.3. The van der Waals surface area contributed by atoms with Crippen LogP contribution in [0.1, 0.15) is 6.42 Å². The molecule has 0 saturated carbocycles. The van der Waals surface area contributed by atoms with Crippen LogP contribution >= 0.6 is 12.6 Å². The van der Waals surface area contributed by atoms with E-state index in [1.807, 2.05) is 0 Å². The molecule has 0 aromatic carbocycles. The van der Waals surface area contributed by atoms with Crippen molar-refractivity contribution in [3.05, 3.63) is 6.07 Å². The third kappa shape index (κ3) is 1.40. The molecule has 0 radical (unpaired) electrons. The van der Waals surface area contributed by atoms with Crippen LogP contribution in [-0.4, -0.2) is 20.1 Å². The van der Waals surface area contributed by atoms with E-state index < -0.39 is 16.1 Å². The number of ether oxygens (including phenoxy) is 1. The minimum Gasteiger partial charge on any atom is -0.448 e. The first-order valence-corrected chi connectivity index (χ1v) is 6.72.